The summed E-state index contributed by atoms with van der Waals surface area (Å²) in [7, 11) is 0. The van der Waals surface area contributed by atoms with Gasteiger partial charge in [0.1, 0.15) is 0 Å². The number of nitrogens with one attached hydrogen (secondary N) is 1. The highest BCUT2D eigenvalue weighted by atomic mass is 35.5. The molecule has 23 heavy (non-hydrogen) atoms. The van der Waals surface area contributed by atoms with Crippen LogP contribution in [0.3, 0.4) is 0 Å². The molecular formula is C14H16ClN7S. The van der Waals surface area contributed by atoms with Crippen LogP contribution in [0.5, 0.6) is 0 Å². The van der Waals surface area contributed by atoms with Gasteiger partial charge in [-0.05, 0) is 24.0 Å². The van der Waals surface area contributed by atoms with Gasteiger partial charge in [-0.15, -0.1) is 5.10 Å². The molecule has 1 aromatic carbocycles. The van der Waals surface area contributed by atoms with Crippen molar-refractivity contribution in [1.29, 1.82) is 0 Å². The fraction of sp³-hybridized carbons (Fsp3) is 0.286. The lowest BCUT2D eigenvalue weighted by Gasteiger charge is -2.07. The molecule has 0 spiro atoms. The second-order valence-corrected chi connectivity index (χ2v) is 6.03. The average molecular weight is 350 g/mol. The molecule has 0 saturated carbocycles. The van der Waals surface area contributed by atoms with Crippen molar-refractivity contribution in [2.75, 3.05) is 24.7 Å². The number of nitrogens with zero attached hydrogens (tertiary/aromatic N) is 5. The van der Waals surface area contributed by atoms with Crippen LogP contribution in [-0.2, 0) is 6.54 Å². The van der Waals surface area contributed by atoms with Gasteiger partial charge in [-0.1, -0.05) is 40.7 Å². The summed E-state index contributed by atoms with van der Waals surface area (Å²) >= 11 is 7.39. The highest BCUT2D eigenvalue weighted by molar-refractivity contribution is 7.98. The second-order valence-electron chi connectivity index (χ2n) is 4.82. The molecule has 0 aliphatic rings. The molecule has 0 radical (unpaired) electrons. The lowest BCUT2D eigenvalue weighted by Crippen LogP contribution is -2.14. The van der Waals surface area contributed by atoms with Gasteiger partial charge < -0.3 is 11.1 Å². The fourth-order valence-corrected chi connectivity index (χ4v) is 2.60. The van der Waals surface area contributed by atoms with Crippen LogP contribution < -0.4 is 11.1 Å². The molecule has 7 nitrogen and oxygen atoms in total. The Hall–Kier alpha value is -1.90. The molecule has 3 N–H and O–H groups in total. The normalized spacial score (nSPS) is 11.1. The summed E-state index contributed by atoms with van der Waals surface area (Å²) in [5.41, 5.74) is 7.96. The average Bonchev–Trinajstić information content (AvgIpc) is 2.97. The predicted molar refractivity (Wildman–Crippen MR) is 93.0 cm³/mol. The van der Waals surface area contributed by atoms with Crippen LogP contribution in [0, 0.1) is 0 Å². The Balaban J connectivity index is 1.99. The highest BCUT2D eigenvalue weighted by Crippen LogP contribution is 2.22. The van der Waals surface area contributed by atoms with Crippen molar-refractivity contribution in [3.05, 3.63) is 34.9 Å². The number of hydrogen-bond acceptors (Lipinski definition) is 7. The summed E-state index contributed by atoms with van der Waals surface area (Å²) in [6.45, 7) is 1.69. The van der Waals surface area contributed by atoms with Gasteiger partial charge in [0, 0.05) is 18.1 Å². The Morgan fingerprint density at radius 1 is 1.26 bits per heavy atom. The van der Waals surface area contributed by atoms with Crippen molar-refractivity contribution in [1.82, 2.24) is 25.0 Å². The van der Waals surface area contributed by atoms with E-state index in [4.69, 9.17) is 17.3 Å². The lowest BCUT2D eigenvalue weighted by molar-refractivity contribution is 0.661. The SMILES string of the molecule is CSc1nc(NCCN)c2nnn(Cc3ccc(Cl)cc3)c2n1. The molecule has 9 heteroatoms. The number of halogens is 1. The topological polar surface area (TPSA) is 94.5 Å². The van der Waals surface area contributed by atoms with Gasteiger partial charge in [-0.2, -0.15) is 0 Å². The van der Waals surface area contributed by atoms with Crippen molar-refractivity contribution in [2.24, 2.45) is 5.73 Å². The van der Waals surface area contributed by atoms with E-state index >= 15 is 0 Å². The van der Waals surface area contributed by atoms with E-state index in [0.29, 0.717) is 46.8 Å². The van der Waals surface area contributed by atoms with Crippen LogP contribution >= 0.6 is 23.4 Å². The number of fused-ring (bicyclic) bond motifs is 1. The third kappa shape index (κ3) is 3.54. The third-order valence-corrected chi connectivity index (χ3v) is 4.01. The minimum absolute atomic E-state index is 0.513. The van der Waals surface area contributed by atoms with Gasteiger partial charge in [-0.3, -0.25) is 0 Å². The van der Waals surface area contributed by atoms with Crippen molar-refractivity contribution < 1.29 is 0 Å². The summed E-state index contributed by atoms with van der Waals surface area (Å²) in [6, 6.07) is 7.62. The van der Waals surface area contributed by atoms with E-state index in [2.05, 4.69) is 25.6 Å². The Labute approximate surface area is 142 Å². The molecule has 120 valence electrons. The first kappa shape index (κ1) is 16.0. The number of aromatic nitrogens is 5. The zero-order chi connectivity index (χ0) is 16.2. The minimum atomic E-state index is 0.513. The van der Waals surface area contributed by atoms with Gasteiger partial charge in [0.25, 0.3) is 0 Å². The van der Waals surface area contributed by atoms with Crippen LogP contribution in [0.2, 0.25) is 5.02 Å². The third-order valence-electron chi connectivity index (χ3n) is 3.21. The maximum absolute atomic E-state index is 5.92. The Kier molecular flexibility index (Phi) is 4.94. The zero-order valence-corrected chi connectivity index (χ0v) is 14.1. The number of thioether (sulfide) groups is 1. The van der Waals surface area contributed by atoms with Crippen LogP contribution in [0.15, 0.2) is 29.4 Å². The first-order valence-corrected chi connectivity index (χ1v) is 8.65. The number of benzene rings is 1. The fourth-order valence-electron chi connectivity index (χ4n) is 2.11. The monoisotopic (exact) mass is 349 g/mol. The van der Waals surface area contributed by atoms with Gasteiger partial charge in [0.15, 0.2) is 22.1 Å². The van der Waals surface area contributed by atoms with Crippen molar-refractivity contribution >= 4 is 40.3 Å². The summed E-state index contributed by atoms with van der Waals surface area (Å²) < 4.78 is 1.76. The van der Waals surface area contributed by atoms with E-state index in [1.54, 1.807) is 4.68 Å². The molecule has 2 heterocycles. The van der Waals surface area contributed by atoms with E-state index in [1.165, 1.54) is 11.8 Å². The molecular weight excluding hydrogens is 334 g/mol. The van der Waals surface area contributed by atoms with E-state index in [-0.39, 0.29) is 0 Å². The lowest BCUT2D eigenvalue weighted by atomic mass is 10.2. The highest BCUT2D eigenvalue weighted by Gasteiger charge is 2.14. The van der Waals surface area contributed by atoms with Crippen molar-refractivity contribution in [3.8, 4) is 0 Å². The molecule has 3 aromatic rings. The largest absolute Gasteiger partial charge is 0.367 e. The summed E-state index contributed by atoms with van der Waals surface area (Å²) in [5.74, 6) is 0.659. The first-order valence-electron chi connectivity index (χ1n) is 7.05. The number of nitrogens with two attached hydrogens (primary N) is 1. The van der Waals surface area contributed by atoms with E-state index < -0.39 is 0 Å². The number of rotatable bonds is 6. The van der Waals surface area contributed by atoms with E-state index in [1.807, 2.05) is 30.5 Å². The zero-order valence-electron chi connectivity index (χ0n) is 12.5. The van der Waals surface area contributed by atoms with E-state index in [0.717, 1.165) is 5.56 Å². The summed E-state index contributed by atoms with van der Waals surface area (Å²) in [6.07, 6.45) is 1.93. The Morgan fingerprint density at radius 3 is 2.74 bits per heavy atom. The van der Waals surface area contributed by atoms with Crippen LogP contribution in [0.25, 0.3) is 11.2 Å². The van der Waals surface area contributed by atoms with E-state index in [9.17, 15) is 0 Å². The quantitative estimate of drug-likeness (QED) is 0.519. The van der Waals surface area contributed by atoms with Crippen LogP contribution in [0.4, 0.5) is 5.82 Å². The smallest absolute Gasteiger partial charge is 0.191 e. The predicted octanol–water partition coefficient (Wildman–Crippen LogP) is 2.02. The summed E-state index contributed by atoms with van der Waals surface area (Å²) in [4.78, 5) is 8.97. The number of anilines is 1. The van der Waals surface area contributed by atoms with Gasteiger partial charge >= 0.3 is 0 Å². The maximum atomic E-state index is 5.92. The molecule has 0 bridgehead atoms. The minimum Gasteiger partial charge on any atom is -0.367 e. The molecule has 0 unspecified atom stereocenters. The van der Waals surface area contributed by atoms with Crippen molar-refractivity contribution in [2.45, 2.75) is 11.7 Å². The summed E-state index contributed by atoms with van der Waals surface area (Å²) in [5, 5.41) is 13.0. The molecule has 0 fully saturated rings. The molecule has 0 atom stereocenters. The second kappa shape index (κ2) is 7.12. The van der Waals surface area contributed by atoms with Gasteiger partial charge in [-0.25, -0.2) is 14.6 Å². The molecule has 0 aliphatic heterocycles. The van der Waals surface area contributed by atoms with Crippen LogP contribution in [-0.4, -0.2) is 44.3 Å². The molecule has 2 aromatic heterocycles. The Bertz CT molecular complexity index is 803. The maximum Gasteiger partial charge on any atom is 0.191 e. The number of hydrogen-bond donors (Lipinski definition) is 2. The van der Waals surface area contributed by atoms with Crippen LogP contribution in [0.1, 0.15) is 5.56 Å². The molecule has 0 amide bonds. The van der Waals surface area contributed by atoms with Gasteiger partial charge in [0.2, 0.25) is 0 Å². The first-order chi connectivity index (χ1) is 11.2. The molecule has 0 saturated heterocycles. The Morgan fingerprint density at radius 2 is 2.04 bits per heavy atom. The van der Waals surface area contributed by atoms with Gasteiger partial charge in [0.05, 0.1) is 6.54 Å². The standard InChI is InChI=1S/C14H16ClN7S/c1-23-14-18-12(17-7-6-16)11-13(19-14)22(21-20-11)8-9-2-4-10(15)5-3-9/h2-5H,6-8,16H2,1H3,(H,17,18,19). The molecule has 3 rings (SSSR count). The molecule has 0 aliphatic carbocycles. The van der Waals surface area contributed by atoms with Crippen molar-refractivity contribution in [3.63, 3.8) is 0 Å².